The Bertz CT molecular complexity index is 1400. The first-order valence-corrected chi connectivity index (χ1v) is 10.9. The molecule has 0 unspecified atom stereocenters. The minimum Gasteiger partial charge on any atom is -0.473 e. The molecule has 5 rings (SSSR count). The first kappa shape index (κ1) is 21.7. The molecule has 0 bridgehead atoms. The topological polar surface area (TPSA) is 88.1 Å². The quantitative estimate of drug-likeness (QED) is 0.300. The Hall–Kier alpha value is -4.17. The summed E-state index contributed by atoms with van der Waals surface area (Å²) in [7, 11) is 1.83. The SMILES string of the molecule is Cn1c(OCc2cc(-c3cccc(Cl)c3)on2)nnc1-c1ccnc(OCc2ccccc2)c1. The monoisotopic (exact) mass is 473 g/mol. The highest BCUT2D eigenvalue weighted by Crippen LogP contribution is 2.25. The summed E-state index contributed by atoms with van der Waals surface area (Å²) >= 11 is 6.05. The Balaban J connectivity index is 1.25. The molecular weight excluding hydrogens is 454 g/mol. The molecule has 34 heavy (non-hydrogen) atoms. The lowest BCUT2D eigenvalue weighted by Gasteiger charge is -2.07. The predicted octanol–water partition coefficient (Wildman–Crippen LogP) is 5.34. The lowest BCUT2D eigenvalue weighted by molar-refractivity contribution is 0.259. The molecule has 3 aromatic heterocycles. The van der Waals surface area contributed by atoms with Crippen LogP contribution in [0.2, 0.25) is 5.02 Å². The van der Waals surface area contributed by atoms with Gasteiger partial charge < -0.3 is 14.0 Å². The summed E-state index contributed by atoms with van der Waals surface area (Å²) in [5, 5.41) is 13.1. The largest absolute Gasteiger partial charge is 0.473 e. The van der Waals surface area contributed by atoms with Gasteiger partial charge in [-0.2, -0.15) is 0 Å². The van der Waals surface area contributed by atoms with Crippen molar-refractivity contribution in [1.29, 1.82) is 0 Å². The molecule has 0 aliphatic rings. The molecule has 3 heterocycles. The molecule has 0 radical (unpaired) electrons. The molecule has 0 saturated heterocycles. The van der Waals surface area contributed by atoms with Crippen LogP contribution in [0.4, 0.5) is 0 Å². The lowest BCUT2D eigenvalue weighted by Crippen LogP contribution is -2.02. The maximum absolute atomic E-state index is 6.05. The van der Waals surface area contributed by atoms with E-state index in [1.54, 1.807) is 16.8 Å². The van der Waals surface area contributed by atoms with Crippen LogP contribution in [0.25, 0.3) is 22.7 Å². The number of ether oxygens (including phenoxy) is 2. The van der Waals surface area contributed by atoms with E-state index < -0.39 is 0 Å². The third-order valence-electron chi connectivity index (χ3n) is 5.07. The minimum absolute atomic E-state index is 0.178. The second-order valence-electron chi connectivity index (χ2n) is 7.50. The Morgan fingerprint density at radius 1 is 0.882 bits per heavy atom. The third-order valence-corrected chi connectivity index (χ3v) is 5.31. The summed E-state index contributed by atoms with van der Waals surface area (Å²) < 4.78 is 18.8. The van der Waals surface area contributed by atoms with E-state index in [1.165, 1.54) is 0 Å². The molecule has 170 valence electrons. The number of nitrogens with zero attached hydrogens (tertiary/aromatic N) is 5. The second-order valence-corrected chi connectivity index (χ2v) is 7.94. The third kappa shape index (κ3) is 4.92. The van der Waals surface area contributed by atoms with Crippen LogP contribution in [0, 0.1) is 0 Å². The van der Waals surface area contributed by atoms with E-state index in [0.717, 1.165) is 16.7 Å². The van der Waals surface area contributed by atoms with Crippen molar-refractivity contribution in [2.45, 2.75) is 13.2 Å². The van der Waals surface area contributed by atoms with Gasteiger partial charge in [0.15, 0.2) is 11.6 Å². The summed E-state index contributed by atoms with van der Waals surface area (Å²) in [5.74, 6) is 1.74. The van der Waals surface area contributed by atoms with Crippen molar-refractivity contribution in [2.75, 3.05) is 0 Å². The van der Waals surface area contributed by atoms with Gasteiger partial charge in [-0.05, 0) is 23.8 Å². The van der Waals surface area contributed by atoms with Crippen molar-refractivity contribution in [2.24, 2.45) is 7.05 Å². The number of aromatic nitrogens is 5. The Morgan fingerprint density at radius 3 is 2.62 bits per heavy atom. The van der Waals surface area contributed by atoms with Gasteiger partial charge in [-0.1, -0.05) is 64.3 Å². The highest BCUT2D eigenvalue weighted by molar-refractivity contribution is 6.30. The molecule has 0 aliphatic carbocycles. The molecule has 0 spiro atoms. The van der Waals surface area contributed by atoms with Gasteiger partial charge in [0.05, 0.1) is 0 Å². The van der Waals surface area contributed by atoms with E-state index in [-0.39, 0.29) is 6.61 Å². The van der Waals surface area contributed by atoms with Gasteiger partial charge in [-0.25, -0.2) is 4.98 Å². The zero-order valence-electron chi connectivity index (χ0n) is 18.3. The van der Waals surface area contributed by atoms with Gasteiger partial charge in [0.25, 0.3) is 0 Å². The van der Waals surface area contributed by atoms with Crippen LogP contribution >= 0.6 is 11.6 Å². The smallest absolute Gasteiger partial charge is 0.317 e. The molecule has 0 amide bonds. The Kier molecular flexibility index (Phi) is 6.22. The van der Waals surface area contributed by atoms with E-state index in [9.17, 15) is 0 Å². The molecule has 2 aromatic carbocycles. The zero-order chi connectivity index (χ0) is 23.3. The van der Waals surface area contributed by atoms with Crippen LogP contribution in [0.3, 0.4) is 0 Å². The number of halogens is 1. The Morgan fingerprint density at radius 2 is 1.76 bits per heavy atom. The maximum Gasteiger partial charge on any atom is 0.317 e. The standard InChI is InChI=1S/C25H20ClN5O3/c1-31-24(19-10-11-27-23(13-19)32-15-17-6-3-2-4-7-17)28-29-25(31)33-16-21-14-22(34-30-21)18-8-5-9-20(26)12-18/h2-14H,15-16H2,1H3. The molecule has 0 saturated carbocycles. The van der Waals surface area contributed by atoms with Crippen molar-refractivity contribution >= 4 is 11.6 Å². The summed E-state index contributed by atoms with van der Waals surface area (Å²) in [6.45, 7) is 0.608. The molecule has 0 atom stereocenters. The van der Waals surface area contributed by atoms with E-state index >= 15 is 0 Å². The van der Waals surface area contributed by atoms with E-state index in [1.807, 2.05) is 73.8 Å². The fourth-order valence-corrected chi connectivity index (χ4v) is 3.54. The van der Waals surface area contributed by atoms with E-state index in [4.69, 9.17) is 25.6 Å². The van der Waals surface area contributed by atoms with Crippen LogP contribution in [-0.4, -0.2) is 24.9 Å². The number of pyridine rings is 1. The second kappa shape index (κ2) is 9.76. The number of benzene rings is 2. The van der Waals surface area contributed by atoms with Crippen LogP contribution < -0.4 is 9.47 Å². The summed E-state index contributed by atoms with van der Waals surface area (Å²) in [6, 6.07) is 23.1. The van der Waals surface area contributed by atoms with Crippen molar-refractivity contribution in [1.82, 2.24) is 24.9 Å². The molecule has 0 fully saturated rings. The van der Waals surface area contributed by atoms with Crippen LogP contribution in [0.1, 0.15) is 11.3 Å². The van der Waals surface area contributed by atoms with Crippen LogP contribution in [0.15, 0.2) is 83.5 Å². The number of hydrogen-bond acceptors (Lipinski definition) is 7. The number of hydrogen-bond donors (Lipinski definition) is 0. The van der Waals surface area contributed by atoms with E-state index in [2.05, 4.69) is 20.3 Å². The van der Waals surface area contributed by atoms with Gasteiger partial charge in [0, 0.05) is 41.5 Å². The first-order valence-electron chi connectivity index (χ1n) is 10.5. The Labute approximate surface area is 200 Å². The van der Waals surface area contributed by atoms with Gasteiger partial charge in [0.1, 0.15) is 18.9 Å². The van der Waals surface area contributed by atoms with Crippen LogP contribution in [0.5, 0.6) is 11.9 Å². The molecule has 9 heteroatoms. The van der Waals surface area contributed by atoms with Gasteiger partial charge in [-0.15, -0.1) is 5.10 Å². The number of rotatable bonds is 8. The summed E-state index contributed by atoms with van der Waals surface area (Å²) in [5.41, 5.74) is 3.35. The molecule has 5 aromatic rings. The zero-order valence-corrected chi connectivity index (χ0v) is 19.0. The summed E-state index contributed by atoms with van der Waals surface area (Å²) in [4.78, 5) is 4.29. The fraction of sp³-hybridized carbons (Fsp3) is 0.120. The first-order chi connectivity index (χ1) is 16.7. The molecule has 0 aliphatic heterocycles. The fourth-order valence-electron chi connectivity index (χ4n) is 3.35. The van der Waals surface area contributed by atoms with E-state index in [0.29, 0.717) is 40.8 Å². The molecule has 8 nitrogen and oxygen atoms in total. The van der Waals surface area contributed by atoms with Gasteiger partial charge >= 0.3 is 6.01 Å². The van der Waals surface area contributed by atoms with Crippen molar-refractivity contribution in [3.8, 4) is 34.6 Å². The minimum atomic E-state index is 0.178. The average molecular weight is 474 g/mol. The van der Waals surface area contributed by atoms with Crippen LogP contribution in [-0.2, 0) is 20.3 Å². The van der Waals surface area contributed by atoms with Gasteiger partial charge in [-0.3, -0.25) is 4.57 Å². The lowest BCUT2D eigenvalue weighted by atomic mass is 10.2. The highest BCUT2D eigenvalue weighted by atomic mass is 35.5. The molecule has 0 N–H and O–H groups in total. The average Bonchev–Trinajstić information content (AvgIpc) is 3.49. The van der Waals surface area contributed by atoms with Gasteiger partial charge in [0.2, 0.25) is 5.88 Å². The summed E-state index contributed by atoms with van der Waals surface area (Å²) in [6.07, 6.45) is 1.68. The maximum atomic E-state index is 6.05. The van der Waals surface area contributed by atoms with Crippen molar-refractivity contribution in [3.63, 3.8) is 0 Å². The van der Waals surface area contributed by atoms with Crippen molar-refractivity contribution in [3.05, 3.63) is 95.3 Å². The predicted molar refractivity (Wildman–Crippen MR) is 126 cm³/mol. The van der Waals surface area contributed by atoms with Crippen molar-refractivity contribution < 1.29 is 14.0 Å². The normalized spacial score (nSPS) is 10.9. The highest BCUT2D eigenvalue weighted by Gasteiger charge is 2.15. The molecular formula is C25H20ClN5O3.